The van der Waals surface area contributed by atoms with Crippen molar-refractivity contribution in [2.75, 3.05) is 47.2 Å². The van der Waals surface area contributed by atoms with Crippen molar-refractivity contribution in [1.82, 2.24) is 9.97 Å². The molecule has 0 saturated carbocycles. The zero-order valence-electron chi connectivity index (χ0n) is 30.9. The average Bonchev–Trinajstić information content (AvgIpc) is 4.06. The highest BCUT2D eigenvalue weighted by Gasteiger charge is 2.41. The molecule has 23 heteroatoms. The summed E-state index contributed by atoms with van der Waals surface area (Å²) in [7, 11) is 0. The molecule has 0 bridgehead atoms. The summed E-state index contributed by atoms with van der Waals surface area (Å²) in [5.41, 5.74) is 1.39. The van der Waals surface area contributed by atoms with Crippen LogP contribution < -0.4 is 39.4 Å². The molecule has 2 N–H and O–H groups in total. The summed E-state index contributed by atoms with van der Waals surface area (Å²) in [5.74, 6) is 0.154. The molecular formula is C38H21Cl3N8O10S2. The Labute approximate surface area is 365 Å². The lowest BCUT2D eigenvalue weighted by atomic mass is 10.1. The number of halogens is 3. The van der Waals surface area contributed by atoms with E-state index in [1.807, 2.05) is 6.07 Å². The van der Waals surface area contributed by atoms with E-state index in [0.29, 0.717) is 31.9 Å². The lowest BCUT2D eigenvalue weighted by Crippen LogP contribution is -2.35. The molecule has 306 valence electrons. The number of carbonyl (C=O) groups excluding carboxylic acids is 4. The minimum absolute atomic E-state index is 0.0221. The van der Waals surface area contributed by atoms with E-state index in [0.717, 1.165) is 22.7 Å². The predicted molar refractivity (Wildman–Crippen MR) is 223 cm³/mol. The van der Waals surface area contributed by atoms with Crippen molar-refractivity contribution in [1.29, 1.82) is 10.5 Å². The number of nitrogens with one attached hydrogen (secondary N) is 2. The number of fused-ring (bicyclic) bond motifs is 2. The summed E-state index contributed by atoms with van der Waals surface area (Å²) >= 11 is 21.2. The van der Waals surface area contributed by atoms with E-state index in [1.54, 1.807) is 38.1 Å². The van der Waals surface area contributed by atoms with Gasteiger partial charge in [0, 0.05) is 6.20 Å². The molecule has 0 unspecified atom stereocenters. The molecular weight excluding hydrogens is 899 g/mol. The second kappa shape index (κ2) is 15.3. The lowest BCUT2D eigenvalue weighted by Gasteiger charge is -2.30. The number of benzene rings is 2. The van der Waals surface area contributed by atoms with Crippen LogP contribution in [0.1, 0.15) is 44.3 Å². The first-order valence-electron chi connectivity index (χ1n) is 17.6. The molecule has 0 saturated heterocycles. The maximum absolute atomic E-state index is 13.3. The van der Waals surface area contributed by atoms with E-state index in [1.165, 1.54) is 16.0 Å². The van der Waals surface area contributed by atoms with Crippen molar-refractivity contribution in [3.63, 3.8) is 0 Å². The van der Waals surface area contributed by atoms with Crippen molar-refractivity contribution in [3.8, 4) is 35.1 Å². The summed E-state index contributed by atoms with van der Waals surface area (Å²) in [4.78, 5) is 63.6. The van der Waals surface area contributed by atoms with Crippen LogP contribution in [-0.4, -0.2) is 60.8 Å². The highest BCUT2D eigenvalue weighted by Crippen LogP contribution is 2.56. The number of carbonyl (C=O) groups is 4. The standard InChI is InChI=1S/C19H10Cl2N4O5S.C19H11ClN4O5S/c1-2-28-18(26)15-11-10-12(7(5-22)16(21)24-17(10)31-15)25(19(27)23-11)13-8(20)3-4-9-14(13)30-6-29-9;1-2-27-18(25)16-12-11-13(8(5-21)6-22-17(11)30-16)24(19(26)23-12)14-9(20)3-4-10-15(14)29-7-28-10/h3-4H,2,6H2,1H3,(H,23,27);3-4,6H,2,7H2,1H3,(H,23,26). The van der Waals surface area contributed by atoms with Gasteiger partial charge in [0.05, 0.1) is 62.3 Å². The molecule has 8 heterocycles. The van der Waals surface area contributed by atoms with Gasteiger partial charge in [-0.25, -0.2) is 29.1 Å². The van der Waals surface area contributed by atoms with Crippen molar-refractivity contribution < 1.29 is 47.6 Å². The Balaban J connectivity index is 0.000000156. The molecule has 4 aliphatic rings. The third kappa shape index (κ3) is 6.18. The number of amides is 4. The van der Waals surface area contributed by atoms with Gasteiger partial charge in [-0.1, -0.05) is 34.8 Å². The maximum atomic E-state index is 13.3. The molecule has 0 radical (unpaired) electrons. The molecule has 18 nitrogen and oxygen atoms in total. The number of hydrogen-bond donors (Lipinski definition) is 2. The van der Waals surface area contributed by atoms with Crippen molar-refractivity contribution in [3.05, 3.63) is 66.5 Å². The number of esters is 2. The van der Waals surface area contributed by atoms with Crippen molar-refractivity contribution >= 4 is 136 Å². The van der Waals surface area contributed by atoms with Crippen molar-refractivity contribution in [2.45, 2.75) is 13.8 Å². The van der Waals surface area contributed by atoms with Gasteiger partial charge in [-0.2, -0.15) is 10.5 Å². The van der Waals surface area contributed by atoms with Crippen LogP contribution in [0.15, 0.2) is 30.5 Å². The smallest absolute Gasteiger partial charge is 0.350 e. The Morgan fingerprint density at radius 1 is 0.754 bits per heavy atom. The third-order valence-corrected chi connectivity index (χ3v) is 12.3. The van der Waals surface area contributed by atoms with Crippen LogP contribution in [0.4, 0.5) is 43.7 Å². The minimum atomic E-state index is -0.665. The van der Waals surface area contributed by atoms with Gasteiger partial charge in [0.15, 0.2) is 28.2 Å². The molecule has 4 aliphatic heterocycles. The highest BCUT2D eigenvalue weighted by molar-refractivity contribution is 7.21. The van der Waals surface area contributed by atoms with Gasteiger partial charge in [-0.15, -0.1) is 22.7 Å². The van der Waals surface area contributed by atoms with Gasteiger partial charge in [0.25, 0.3) is 0 Å². The molecule has 0 fully saturated rings. The summed E-state index contributed by atoms with van der Waals surface area (Å²) in [6, 6.07) is 9.17. The fourth-order valence-corrected chi connectivity index (χ4v) is 9.69. The van der Waals surface area contributed by atoms with E-state index in [4.69, 9.17) is 63.2 Å². The first kappa shape index (κ1) is 39.6. The van der Waals surface area contributed by atoms with E-state index < -0.39 is 24.0 Å². The first-order chi connectivity index (χ1) is 29.5. The van der Waals surface area contributed by atoms with E-state index in [-0.39, 0.29) is 109 Å². The molecule has 61 heavy (non-hydrogen) atoms. The van der Waals surface area contributed by atoms with E-state index in [9.17, 15) is 29.7 Å². The van der Waals surface area contributed by atoms with Crippen LogP contribution in [0.25, 0.3) is 20.4 Å². The molecule has 0 aliphatic carbocycles. The Hall–Kier alpha value is -6.81. The van der Waals surface area contributed by atoms with Gasteiger partial charge in [0.1, 0.15) is 48.5 Å². The monoisotopic (exact) mass is 918 g/mol. The SMILES string of the molecule is CCOC(=O)c1sc2nc(Cl)c(C#N)c3c2c1NC(=O)N3c1c(Cl)ccc2c1OCO2.CCOC(=O)c1sc2ncc(C#N)c3c2c1NC(=O)N3c1c(Cl)ccc2c1OCO2. The molecule has 4 amide bonds. The molecule has 0 spiro atoms. The van der Waals surface area contributed by atoms with Crippen LogP contribution in [0.5, 0.6) is 23.0 Å². The number of rotatable bonds is 6. The third-order valence-electron chi connectivity index (χ3n) is 9.31. The van der Waals surface area contributed by atoms with Crippen molar-refractivity contribution in [2.24, 2.45) is 0 Å². The Morgan fingerprint density at radius 2 is 1.26 bits per heavy atom. The predicted octanol–water partition coefficient (Wildman–Crippen LogP) is 9.47. The molecule has 2 aromatic carbocycles. The number of nitriles is 2. The topological polar surface area (TPSA) is 228 Å². The molecule has 10 rings (SSSR count). The van der Waals surface area contributed by atoms with Crippen LogP contribution >= 0.6 is 57.5 Å². The van der Waals surface area contributed by atoms with Gasteiger partial charge in [0.2, 0.25) is 13.6 Å². The maximum Gasteiger partial charge on any atom is 0.350 e. The number of ether oxygens (including phenoxy) is 6. The van der Waals surface area contributed by atoms with Gasteiger partial charge in [-0.05, 0) is 38.1 Å². The van der Waals surface area contributed by atoms with Crippen LogP contribution in [0.2, 0.25) is 15.2 Å². The lowest BCUT2D eigenvalue weighted by molar-refractivity contribution is 0.0523. The number of thiophene rings is 2. The summed E-state index contributed by atoms with van der Waals surface area (Å²) in [6.45, 7) is 3.62. The largest absolute Gasteiger partial charge is 0.462 e. The van der Waals surface area contributed by atoms with Crippen LogP contribution in [0.3, 0.4) is 0 Å². The van der Waals surface area contributed by atoms with E-state index in [2.05, 4.69) is 26.7 Å². The second-order valence-electron chi connectivity index (χ2n) is 12.6. The Bertz CT molecular complexity index is 3050. The van der Waals surface area contributed by atoms with Crippen LogP contribution in [-0.2, 0) is 9.47 Å². The summed E-state index contributed by atoms with van der Waals surface area (Å²) in [5, 5.41) is 26.1. The number of hydrogen-bond acceptors (Lipinski definition) is 16. The number of aromatic nitrogens is 2. The highest BCUT2D eigenvalue weighted by atomic mass is 35.5. The van der Waals surface area contributed by atoms with Gasteiger partial charge < -0.3 is 39.1 Å². The fraction of sp³-hybridized carbons (Fsp3) is 0.158. The zero-order chi connectivity index (χ0) is 42.9. The second-order valence-corrected chi connectivity index (χ2v) is 15.7. The van der Waals surface area contributed by atoms with Gasteiger partial charge in [-0.3, -0.25) is 9.80 Å². The minimum Gasteiger partial charge on any atom is -0.462 e. The normalized spacial score (nSPS) is 13.9. The molecule has 6 aromatic rings. The number of anilines is 6. The van der Waals surface area contributed by atoms with Crippen LogP contribution in [0, 0.1) is 22.7 Å². The zero-order valence-corrected chi connectivity index (χ0v) is 34.8. The Kier molecular flexibility index (Phi) is 9.97. The number of nitrogens with zero attached hydrogens (tertiary/aromatic N) is 6. The Morgan fingerprint density at radius 3 is 1.77 bits per heavy atom. The number of urea groups is 2. The molecule has 4 aromatic heterocycles. The first-order valence-corrected chi connectivity index (χ1v) is 20.4. The van der Waals surface area contributed by atoms with E-state index >= 15 is 0 Å². The average molecular weight is 920 g/mol. The number of pyridine rings is 2. The fourth-order valence-electron chi connectivity index (χ4n) is 6.93. The summed E-state index contributed by atoms with van der Waals surface area (Å²) in [6.07, 6.45) is 1.35. The van der Waals surface area contributed by atoms with Gasteiger partial charge >= 0.3 is 24.0 Å². The summed E-state index contributed by atoms with van der Waals surface area (Å²) < 4.78 is 32.1. The quantitative estimate of drug-likeness (QED) is 0.117. The molecule has 0 atom stereocenters.